The Kier molecular flexibility index (Phi) is 7.87. The molecule has 0 fully saturated rings. The summed E-state index contributed by atoms with van der Waals surface area (Å²) in [6.07, 6.45) is 0. The number of amides is 1. The molecule has 0 heterocycles. The number of hydrogen-bond acceptors (Lipinski definition) is 6. The zero-order valence-electron chi connectivity index (χ0n) is 18.3. The highest BCUT2D eigenvalue weighted by molar-refractivity contribution is 7.89. The highest BCUT2D eigenvalue weighted by atomic mass is 35.5. The number of carbonyl (C=O) groups is 1. The Labute approximate surface area is 201 Å². The highest BCUT2D eigenvalue weighted by Gasteiger charge is 2.20. The lowest BCUT2D eigenvalue weighted by atomic mass is 10.1. The topological polar surface area (TPSA) is 128 Å². The van der Waals surface area contributed by atoms with Gasteiger partial charge in [-0.15, -0.1) is 0 Å². The zero-order valence-corrected chi connectivity index (χ0v) is 19.9. The number of ether oxygens (including phenoxy) is 1. The maximum atomic E-state index is 12.7. The molecule has 3 rings (SSSR count). The summed E-state index contributed by atoms with van der Waals surface area (Å²) in [6.45, 7) is 2.99. The van der Waals surface area contributed by atoms with Gasteiger partial charge in [-0.05, 0) is 43.2 Å². The van der Waals surface area contributed by atoms with Crippen molar-refractivity contribution in [2.75, 3.05) is 11.9 Å². The molecule has 34 heavy (non-hydrogen) atoms. The lowest BCUT2D eigenvalue weighted by Gasteiger charge is -2.15. The number of rotatable bonds is 9. The summed E-state index contributed by atoms with van der Waals surface area (Å²) in [6, 6.07) is 16.7. The minimum atomic E-state index is -3.86. The highest BCUT2D eigenvalue weighted by Crippen LogP contribution is 2.28. The van der Waals surface area contributed by atoms with Crippen LogP contribution in [0.15, 0.2) is 71.6 Å². The third-order valence-electron chi connectivity index (χ3n) is 4.91. The quantitative estimate of drug-likeness (QED) is 0.324. The second kappa shape index (κ2) is 10.6. The van der Waals surface area contributed by atoms with Crippen molar-refractivity contribution in [3.8, 4) is 5.75 Å². The molecule has 178 valence electrons. The molecule has 11 heteroatoms. The van der Waals surface area contributed by atoms with Gasteiger partial charge in [-0.3, -0.25) is 14.9 Å². The summed E-state index contributed by atoms with van der Waals surface area (Å²) in [4.78, 5) is 22.6. The van der Waals surface area contributed by atoms with Gasteiger partial charge in [0, 0.05) is 18.2 Å². The average Bonchev–Trinajstić information content (AvgIpc) is 2.79. The van der Waals surface area contributed by atoms with E-state index in [0.717, 1.165) is 5.56 Å². The van der Waals surface area contributed by atoms with Gasteiger partial charge in [0.2, 0.25) is 10.0 Å². The number of nitrogens with zero attached hydrogens (tertiary/aromatic N) is 1. The fourth-order valence-corrected chi connectivity index (χ4v) is 4.62. The van der Waals surface area contributed by atoms with Gasteiger partial charge in [0.25, 0.3) is 11.6 Å². The molecule has 1 atom stereocenters. The number of hydrogen-bond donors (Lipinski definition) is 2. The summed E-state index contributed by atoms with van der Waals surface area (Å²) in [5.41, 5.74) is 1.58. The van der Waals surface area contributed by atoms with E-state index in [9.17, 15) is 23.3 Å². The van der Waals surface area contributed by atoms with Crippen LogP contribution in [0, 0.1) is 17.0 Å². The molecule has 2 N–H and O–H groups in total. The Morgan fingerprint density at radius 3 is 2.47 bits per heavy atom. The van der Waals surface area contributed by atoms with Crippen molar-refractivity contribution in [3.63, 3.8) is 0 Å². The van der Waals surface area contributed by atoms with E-state index in [2.05, 4.69) is 10.0 Å². The first-order chi connectivity index (χ1) is 16.1. The van der Waals surface area contributed by atoms with E-state index in [1.807, 2.05) is 30.3 Å². The molecular formula is C23H22ClN3O6S. The lowest BCUT2D eigenvalue weighted by molar-refractivity contribution is -0.384. The van der Waals surface area contributed by atoms with Crippen molar-refractivity contribution < 1.29 is 22.9 Å². The number of nitro groups is 1. The minimum Gasteiger partial charge on any atom is -0.482 e. The summed E-state index contributed by atoms with van der Waals surface area (Å²) in [5, 5.41) is 13.5. The number of non-ortho nitro benzene ring substituents is 1. The molecule has 3 aromatic rings. The first-order valence-corrected chi connectivity index (χ1v) is 12.0. The Bertz CT molecular complexity index is 1320. The predicted molar refractivity (Wildman–Crippen MR) is 129 cm³/mol. The summed E-state index contributed by atoms with van der Waals surface area (Å²) in [5.74, 6) is -0.447. The number of anilines is 1. The van der Waals surface area contributed by atoms with E-state index in [0.29, 0.717) is 5.56 Å². The first-order valence-electron chi connectivity index (χ1n) is 10.1. The van der Waals surface area contributed by atoms with Gasteiger partial charge >= 0.3 is 0 Å². The van der Waals surface area contributed by atoms with Crippen LogP contribution in [0.1, 0.15) is 24.1 Å². The maximum Gasteiger partial charge on any atom is 0.271 e. The number of benzene rings is 3. The van der Waals surface area contributed by atoms with Crippen molar-refractivity contribution in [2.24, 2.45) is 0 Å². The second-order valence-corrected chi connectivity index (χ2v) is 9.56. The van der Waals surface area contributed by atoms with Crippen molar-refractivity contribution in [3.05, 3.63) is 93.0 Å². The van der Waals surface area contributed by atoms with Gasteiger partial charge in [-0.2, -0.15) is 0 Å². The number of nitro benzene ring substituents is 1. The summed E-state index contributed by atoms with van der Waals surface area (Å²) < 4.78 is 33.5. The van der Waals surface area contributed by atoms with Gasteiger partial charge in [-0.1, -0.05) is 48.0 Å². The molecule has 3 aromatic carbocycles. The molecule has 0 saturated carbocycles. The van der Waals surface area contributed by atoms with Crippen LogP contribution in [-0.2, 0) is 14.8 Å². The fourth-order valence-electron chi connectivity index (χ4n) is 3.06. The third kappa shape index (κ3) is 6.31. The Morgan fingerprint density at radius 1 is 1.12 bits per heavy atom. The van der Waals surface area contributed by atoms with Crippen molar-refractivity contribution in [2.45, 2.75) is 24.8 Å². The van der Waals surface area contributed by atoms with Gasteiger partial charge in [0.15, 0.2) is 6.61 Å². The summed E-state index contributed by atoms with van der Waals surface area (Å²) >= 11 is 6.19. The van der Waals surface area contributed by atoms with Crippen molar-refractivity contribution in [1.29, 1.82) is 0 Å². The zero-order chi connectivity index (χ0) is 24.9. The molecular weight excluding hydrogens is 482 g/mol. The first kappa shape index (κ1) is 25.2. The number of nitrogens with one attached hydrogen (secondary N) is 2. The van der Waals surface area contributed by atoms with Crippen molar-refractivity contribution >= 4 is 38.9 Å². The van der Waals surface area contributed by atoms with E-state index < -0.39 is 33.5 Å². The van der Waals surface area contributed by atoms with Gasteiger partial charge < -0.3 is 10.1 Å². The van der Waals surface area contributed by atoms with Crippen LogP contribution >= 0.6 is 11.6 Å². The van der Waals surface area contributed by atoms with Crippen LogP contribution in [0.3, 0.4) is 0 Å². The Morgan fingerprint density at radius 2 is 1.82 bits per heavy atom. The SMILES string of the molecule is Cc1ccc([N+](=O)[O-])cc1NC(=O)COc1ccc(S(=O)(=O)NC(C)c2ccccc2)cc1Cl. The fraction of sp³-hybridized carbons (Fsp3) is 0.174. The Balaban J connectivity index is 1.64. The van der Waals surface area contributed by atoms with E-state index in [1.165, 1.54) is 36.4 Å². The normalized spacial score (nSPS) is 12.1. The molecule has 1 amide bonds. The molecule has 0 spiro atoms. The van der Waals surface area contributed by atoms with Gasteiger partial charge in [-0.25, -0.2) is 13.1 Å². The van der Waals surface area contributed by atoms with E-state index in [4.69, 9.17) is 16.3 Å². The van der Waals surface area contributed by atoms with Crippen LogP contribution in [0.25, 0.3) is 0 Å². The molecule has 0 bridgehead atoms. The van der Waals surface area contributed by atoms with Gasteiger partial charge in [0.1, 0.15) is 5.75 Å². The predicted octanol–water partition coefficient (Wildman–Crippen LogP) is 4.61. The van der Waals surface area contributed by atoms with Crippen LogP contribution in [0.4, 0.5) is 11.4 Å². The number of sulfonamides is 1. The second-order valence-electron chi connectivity index (χ2n) is 7.44. The molecule has 0 saturated heterocycles. The molecule has 0 aliphatic heterocycles. The number of carbonyl (C=O) groups excluding carboxylic acids is 1. The van der Waals surface area contributed by atoms with Crippen LogP contribution in [-0.4, -0.2) is 25.9 Å². The lowest BCUT2D eigenvalue weighted by Crippen LogP contribution is -2.27. The van der Waals surface area contributed by atoms with E-state index in [1.54, 1.807) is 13.8 Å². The third-order valence-corrected chi connectivity index (χ3v) is 6.74. The maximum absolute atomic E-state index is 12.7. The molecule has 0 radical (unpaired) electrons. The van der Waals surface area contributed by atoms with Gasteiger partial charge in [0.05, 0.1) is 20.5 Å². The largest absolute Gasteiger partial charge is 0.482 e. The smallest absolute Gasteiger partial charge is 0.271 e. The standard InChI is InChI=1S/C23H22ClN3O6S/c1-15-8-9-18(27(29)30)12-21(15)25-23(28)14-33-22-11-10-19(13-20(22)24)34(31,32)26-16(2)17-6-4-3-5-7-17/h3-13,16,26H,14H2,1-2H3,(H,25,28). The molecule has 9 nitrogen and oxygen atoms in total. The van der Waals surface area contributed by atoms with Crippen LogP contribution in [0.2, 0.25) is 5.02 Å². The molecule has 1 unspecified atom stereocenters. The van der Waals surface area contributed by atoms with Crippen molar-refractivity contribution in [1.82, 2.24) is 4.72 Å². The van der Waals surface area contributed by atoms with E-state index >= 15 is 0 Å². The monoisotopic (exact) mass is 503 g/mol. The minimum absolute atomic E-state index is 0.00886. The van der Waals surface area contributed by atoms with Crippen LogP contribution < -0.4 is 14.8 Å². The summed E-state index contributed by atoms with van der Waals surface area (Å²) in [7, 11) is -3.86. The molecule has 0 aliphatic carbocycles. The molecule has 0 aliphatic rings. The van der Waals surface area contributed by atoms with Crippen LogP contribution in [0.5, 0.6) is 5.75 Å². The van der Waals surface area contributed by atoms with E-state index in [-0.39, 0.29) is 27.0 Å². The molecule has 0 aromatic heterocycles. The number of aryl methyl sites for hydroxylation is 1. The number of halogens is 1. The average molecular weight is 504 g/mol. The Hall–Kier alpha value is -3.47.